The quantitative estimate of drug-likeness (QED) is 0.457. The van der Waals surface area contributed by atoms with Gasteiger partial charge in [0.05, 0.1) is 5.69 Å². The standard InChI is InChI=1S/C28H28BN/c1-19-16-22(4)28(23(5)17-19)29(27-20(2)10-8-11-21(27)3)25-13-9-12-24(18-25)26-14-6-7-15-30-26/h6-18H,1-5H3. The Bertz CT molecular complexity index is 1150. The molecule has 4 aromatic rings. The Kier molecular flexibility index (Phi) is 5.59. The Morgan fingerprint density at radius 3 is 1.87 bits per heavy atom. The van der Waals surface area contributed by atoms with Crippen molar-refractivity contribution in [2.45, 2.75) is 34.6 Å². The average molecular weight is 389 g/mol. The molecule has 0 radical (unpaired) electrons. The number of hydrogen-bond acceptors (Lipinski definition) is 1. The van der Waals surface area contributed by atoms with E-state index in [9.17, 15) is 0 Å². The second kappa shape index (κ2) is 8.32. The maximum atomic E-state index is 4.58. The Morgan fingerprint density at radius 2 is 1.23 bits per heavy atom. The molecule has 0 aliphatic carbocycles. The first-order chi connectivity index (χ1) is 14.5. The number of pyridine rings is 1. The van der Waals surface area contributed by atoms with E-state index in [1.165, 1.54) is 44.2 Å². The first-order valence-corrected chi connectivity index (χ1v) is 10.6. The molecular weight excluding hydrogens is 361 g/mol. The molecule has 0 saturated carbocycles. The third-order valence-electron chi connectivity index (χ3n) is 6.04. The van der Waals surface area contributed by atoms with Crippen LogP contribution in [0.25, 0.3) is 11.3 Å². The van der Waals surface area contributed by atoms with Crippen LogP contribution in [0.2, 0.25) is 0 Å². The van der Waals surface area contributed by atoms with Gasteiger partial charge in [-0.05, 0) is 52.3 Å². The number of aryl methyl sites for hydroxylation is 5. The molecule has 0 fully saturated rings. The van der Waals surface area contributed by atoms with Gasteiger partial charge in [-0.3, -0.25) is 4.98 Å². The van der Waals surface area contributed by atoms with Gasteiger partial charge in [0.1, 0.15) is 0 Å². The number of rotatable bonds is 4. The summed E-state index contributed by atoms with van der Waals surface area (Å²) in [5.41, 5.74) is 13.0. The van der Waals surface area contributed by atoms with Gasteiger partial charge < -0.3 is 0 Å². The topological polar surface area (TPSA) is 12.9 Å². The van der Waals surface area contributed by atoms with E-state index in [1.807, 2.05) is 18.3 Å². The molecule has 3 aromatic carbocycles. The fourth-order valence-corrected chi connectivity index (χ4v) is 4.82. The second-order valence-corrected chi connectivity index (χ2v) is 8.39. The summed E-state index contributed by atoms with van der Waals surface area (Å²) in [5, 5.41) is 0. The predicted molar refractivity (Wildman–Crippen MR) is 131 cm³/mol. The SMILES string of the molecule is Cc1cc(C)c(B(c2cccc(-c3ccccn3)c2)c2c(C)cccc2C)c(C)c1. The summed E-state index contributed by atoms with van der Waals surface area (Å²) in [6.07, 6.45) is 1.86. The monoisotopic (exact) mass is 389 g/mol. The zero-order valence-corrected chi connectivity index (χ0v) is 18.5. The van der Waals surface area contributed by atoms with Crippen LogP contribution in [0.15, 0.2) is 79.0 Å². The molecule has 1 aromatic heterocycles. The van der Waals surface area contributed by atoms with Crippen LogP contribution in [0.1, 0.15) is 27.8 Å². The van der Waals surface area contributed by atoms with Gasteiger partial charge in [0.2, 0.25) is 6.71 Å². The minimum absolute atomic E-state index is 0.190. The molecule has 0 N–H and O–H groups in total. The smallest absolute Gasteiger partial charge is 0.242 e. The molecule has 0 spiro atoms. The molecule has 2 heteroatoms. The summed E-state index contributed by atoms with van der Waals surface area (Å²) >= 11 is 0. The molecule has 0 saturated heterocycles. The van der Waals surface area contributed by atoms with Gasteiger partial charge in [-0.2, -0.15) is 0 Å². The van der Waals surface area contributed by atoms with Crippen molar-refractivity contribution in [2.24, 2.45) is 0 Å². The summed E-state index contributed by atoms with van der Waals surface area (Å²) in [5.74, 6) is 0. The van der Waals surface area contributed by atoms with Crippen LogP contribution in [0.5, 0.6) is 0 Å². The molecule has 1 nitrogen and oxygen atoms in total. The Balaban J connectivity index is 1.99. The Morgan fingerprint density at radius 1 is 0.600 bits per heavy atom. The highest BCUT2D eigenvalue weighted by molar-refractivity contribution is 6.96. The normalized spacial score (nSPS) is 10.8. The van der Waals surface area contributed by atoms with E-state index in [2.05, 4.69) is 100 Å². The van der Waals surface area contributed by atoms with Gasteiger partial charge in [0, 0.05) is 6.20 Å². The van der Waals surface area contributed by atoms with Crippen molar-refractivity contribution in [3.63, 3.8) is 0 Å². The first-order valence-electron chi connectivity index (χ1n) is 10.6. The van der Waals surface area contributed by atoms with Crippen LogP contribution in [0.3, 0.4) is 0 Å². The van der Waals surface area contributed by atoms with Crippen molar-refractivity contribution < 1.29 is 0 Å². The first kappa shape index (κ1) is 20.2. The van der Waals surface area contributed by atoms with E-state index >= 15 is 0 Å². The average Bonchev–Trinajstić information content (AvgIpc) is 2.72. The van der Waals surface area contributed by atoms with Gasteiger partial charge in [-0.1, -0.05) is 105 Å². The van der Waals surface area contributed by atoms with Gasteiger partial charge in [-0.15, -0.1) is 0 Å². The summed E-state index contributed by atoms with van der Waals surface area (Å²) in [6.45, 7) is 11.3. The van der Waals surface area contributed by atoms with Crippen LogP contribution in [0.4, 0.5) is 0 Å². The number of nitrogens with zero attached hydrogens (tertiary/aromatic N) is 1. The van der Waals surface area contributed by atoms with Crippen LogP contribution in [0, 0.1) is 34.6 Å². The molecule has 0 bridgehead atoms. The molecule has 4 rings (SSSR count). The van der Waals surface area contributed by atoms with Gasteiger partial charge in [0.25, 0.3) is 0 Å². The van der Waals surface area contributed by atoms with Crippen LogP contribution in [-0.4, -0.2) is 11.7 Å². The zero-order valence-electron chi connectivity index (χ0n) is 18.5. The number of benzene rings is 3. The van der Waals surface area contributed by atoms with Crippen LogP contribution >= 0.6 is 0 Å². The third kappa shape index (κ3) is 3.83. The maximum absolute atomic E-state index is 4.58. The fourth-order valence-electron chi connectivity index (χ4n) is 4.82. The molecule has 30 heavy (non-hydrogen) atoms. The number of hydrogen-bond donors (Lipinski definition) is 0. The van der Waals surface area contributed by atoms with Crippen LogP contribution < -0.4 is 16.4 Å². The largest absolute Gasteiger partial charge is 0.256 e. The minimum atomic E-state index is 0.190. The molecule has 0 aliphatic heterocycles. The van der Waals surface area contributed by atoms with Crippen molar-refractivity contribution in [3.05, 3.63) is 107 Å². The Hall–Kier alpha value is -3.13. The van der Waals surface area contributed by atoms with E-state index < -0.39 is 0 Å². The van der Waals surface area contributed by atoms with E-state index in [0.717, 1.165) is 11.3 Å². The third-order valence-corrected chi connectivity index (χ3v) is 6.04. The van der Waals surface area contributed by atoms with Crippen molar-refractivity contribution in [2.75, 3.05) is 0 Å². The predicted octanol–water partition coefficient (Wildman–Crippen LogP) is 4.81. The van der Waals surface area contributed by atoms with Gasteiger partial charge in [-0.25, -0.2) is 0 Å². The van der Waals surface area contributed by atoms with Gasteiger partial charge in [0.15, 0.2) is 0 Å². The molecule has 0 aliphatic rings. The lowest BCUT2D eigenvalue weighted by molar-refractivity contribution is 1.33. The fraction of sp³-hybridized carbons (Fsp3) is 0.179. The lowest BCUT2D eigenvalue weighted by Crippen LogP contribution is -2.55. The van der Waals surface area contributed by atoms with Crippen molar-refractivity contribution in [1.82, 2.24) is 4.98 Å². The van der Waals surface area contributed by atoms with Crippen molar-refractivity contribution in [1.29, 1.82) is 0 Å². The van der Waals surface area contributed by atoms with E-state index in [4.69, 9.17) is 0 Å². The minimum Gasteiger partial charge on any atom is -0.256 e. The summed E-state index contributed by atoms with van der Waals surface area (Å²) in [7, 11) is 0. The number of aromatic nitrogens is 1. The summed E-state index contributed by atoms with van der Waals surface area (Å²) < 4.78 is 0. The highest BCUT2D eigenvalue weighted by atomic mass is 14.7. The molecule has 148 valence electrons. The highest BCUT2D eigenvalue weighted by Crippen LogP contribution is 2.16. The maximum Gasteiger partial charge on any atom is 0.242 e. The Labute approximate surface area is 180 Å². The van der Waals surface area contributed by atoms with Gasteiger partial charge >= 0.3 is 0 Å². The van der Waals surface area contributed by atoms with Crippen LogP contribution in [-0.2, 0) is 0 Å². The highest BCUT2D eigenvalue weighted by Gasteiger charge is 2.28. The molecular formula is C28H28BN. The summed E-state index contributed by atoms with van der Waals surface area (Å²) in [6, 6.07) is 26.2. The van der Waals surface area contributed by atoms with E-state index in [1.54, 1.807) is 0 Å². The summed E-state index contributed by atoms with van der Waals surface area (Å²) in [4.78, 5) is 4.58. The van der Waals surface area contributed by atoms with Crippen molar-refractivity contribution in [3.8, 4) is 11.3 Å². The molecule has 0 atom stereocenters. The van der Waals surface area contributed by atoms with E-state index in [0.29, 0.717) is 0 Å². The molecule has 1 heterocycles. The van der Waals surface area contributed by atoms with E-state index in [-0.39, 0.29) is 6.71 Å². The van der Waals surface area contributed by atoms with Crippen molar-refractivity contribution >= 4 is 23.1 Å². The lowest BCUT2D eigenvalue weighted by atomic mass is 9.34. The second-order valence-electron chi connectivity index (χ2n) is 8.39. The molecule has 0 amide bonds. The lowest BCUT2D eigenvalue weighted by Gasteiger charge is -2.24. The molecule has 0 unspecified atom stereocenters. The zero-order chi connectivity index (χ0) is 21.3.